The van der Waals surface area contributed by atoms with Crippen molar-refractivity contribution < 1.29 is 4.74 Å². The van der Waals surface area contributed by atoms with Crippen LogP contribution in [0.1, 0.15) is 11.3 Å². The molecular weight excluding hydrogens is 266 g/mol. The van der Waals surface area contributed by atoms with E-state index in [4.69, 9.17) is 16.3 Å². The van der Waals surface area contributed by atoms with Crippen molar-refractivity contribution in [1.82, 2.24) is 4.98 Å². The van der Waals surface area contributed by atoms with Crippen LogP contribution in [0, 0.1) is 6.92 Å². The molecule has 0 N–H and O–H groups in total. The minimum atomic E-state index is 0.645. The highest BCUT2D eigenvalue weighted by atomic mass is 35.5. The number of hydrogen-bond acceptors (Lipinski definition) is 3. The lowest BCUT2D eigenvalue weighted by Crippen LogP contribution is -1.91. The summed E-state index contributed by atoms with van der Waals surface area (Å²) in [4.78, 5) is 4.59. The van der Waals surface area contributed by atoms with Gasteiger partial charge in [0, 0.05) is 22.4 Å². The van der Waals surface area contributed by atoms with E-state index >= 15 is 0 Å². The van der Waals surface area contributed by atoms with Crippen LogP contribution in [-0.4, -0.2) is 12.1 Å². The number of aryl methyl sites for hydroxylation is 1. The van der Waals surface area contributed by atoms with Crippen LogP contribution in [0.2, 0.25) is 5.02 Å². The second-order valence-electron chi connectivity index (χ2n) is 4.02. The zero-order valence-electron chi connectivity index (χ0n) is 10.4. The van der Waals surface area contributed by atoms with Gasteiger partial charge in [-0.05, 0) is 24.6 Å². The van der Waals surface area contributed by atoms with Crippen molar-refractivity contribution >= 4 is 22.9 Å². The van der Waals surface area contributed by atoms with Gasteiger partial charge in [-0.15, -0.1) is 11.3 Å². The molecule has 0 spiro atoms. The molecule has 0 atom stereocenters. The standard InChI is InChI=1S/C14H14ClNOS/c1-9-4-5-11(15)7-13(9)14-16-12(8-18-14)6-10(2)17-3/h4-5,7-8H,2,6H2,1,3H3. The molecule has 2 rings (SSSR count). The molecule has 0 fully saturated rings. The van der Waals surface area contributed by atoms with Crippen molar-refractivity contribution in [2.45, 2.75) is 13.3 Å². The topological polar surface area (TPSA) is 22.1 Å². The lowest BCUT2D eigenvalue weighted by Gasteiger charge is -2.03. The van der Waals surface area contributed by atoms with Crippen molar-refractivity contribution in [2.24, 2.45) is 0 Å². The SMILES string of the molecule is C=C(Cc1csc(-c2cc(Cl)ccc2C)n1)OC. The van der Waals surface area contributed by atoms with Crippen LogP contribution in [-0.2, 0) is 11.2 Å². The summed E-state index contributed by atoms with van der Waals surface area (Å²) in [6, 6.07) is 5.85. The van der Waals surface area contributed by atoms with Crippen molar-refractivity contribution in [3.05, 3.63) is 52.2 Å². The van der Waals surface area contributed by atoms with Gasteiger partial charge < -0.3 is 4.74 Å². The molecule has 1 aromatic heterocycles. The molecular formula is C14H14ClNOS. The van der Waals surface area contributed by atoms with Gasteiger partial charge in [0.15, 0.2) is 0 Å². The summed E-state index contributed by atoms with van der Waals surface area (Å²) in [6.45, 7) is 5.86. The minimum Gasteiger partial charge on any atom is -0.501 e. The largest absolute Gasteiger partial charge is 0.501 e. The number of halogens is 1. The monoisotopic (exact) mass is 279 g/mol. The Balaban J connectivity index is 2.29. The molecule has 0 bridgehead atoms. The molecule has 0 aliphatic rings. The van der Waals surface area contributed by atoms with Crippen molar-refractivity contribution in [3.63, 3.8) is 0 Å². The fourth-order valence-electron chi connectivity index (χ4n) is 1.61. The van der Waals surface area contributed by atoms with Crippen LogP contribution >= 0.6 is 22.9 Å². The molecule has 0 radical (unpaired) electrons. The van der Waals surface area contributed by atoms with Crippen LogP contribution in [0.3, 0.4) is 0 Å². The number of ether oxygens (including phenoxy) is 1. The van der Waals surface area contributed by atoms with Crippen molar-refractivity contribution in [1.29, 1.82) is 0 Å². The van der Waals surface area contributed by atoms with Gasteiger partial charge in [-0.3, -0.25) is 0 Å². The lowest BCUT2D eigenvalue weighted by atomic mass is 10.1. The van der Waals surface area contributed by atoms with E-state index in [1.54, 1.807) is 18.4 Å². The van der Waals surface area contributed by atoms with E-state index in [0.717, 1.165) is 27.0 Å². The van der Waals surface area contributed by atoms with E-state index in [1.807, 2.05) is 23.6 Å². The Bertz CT molecular complexity index is 577. The molecule has 94 valence electrons. The molecule has 0 unspecified atom stereocenters. The minimum absolute atomic E-state index is 0.645. The zero-order chi connectivity index (χ0) is 13.1. The van der Waals surface area contributed by atoms with Crippen LogP contribution in [0.25, 0.3) is 10.6 Å². The van der Waals surface area contributed by atoms with Gasteiger partial charge in [0.1, 0.15) is 5.01 Å². The maximum Gasteiger partial charge on any atom is 0.123 e. The summed E-state index contributed by atoms with van der Waals surface area (Å²) < 4.78 is 5.06. The fourth-order valence-corrected chi connectivity index (χ4v) is 2.68. The molecule has 1 heterocycles. The van der Waals surface area contributed by atoms with E-state index in [0.29, 0.717) is 6.42 Å². The summed E-state index contributed by atoms with van der Waals surface area (Å²) in [7, 11) is 1.62. The van der Waals surface area contributed by atoms with Crippen LogP contribution < -0.4 is 0 Å². The van der Waals surface area contributed by atoms with Crippen LogP contribution in [0.4, 0.5) is 0 Å². The highest BCUT2D eigenvalue weighted by Crippen LogP contribution is 2.29. The number of benzene rings is 1. The van der Waals surface area contributed by atoms with Gasteiger partial charge in [-0.2, -0.15) is 0 Å². The Kier molecular flexibility index (Phi) is 4.04. The van der Waals surface area contributed by atoms with Crippen molar-refractivity contribution in [2.75, 3.05) is 7.11 Å². The van der Waals surface area contributed by atoms with E-state index < -0.39 is 0 Å². The zero-order valence-corrected chi connectivity index (χ0v) is 11.9. The Morgan fingerprint density at radius 3 is 3.00 bits per heavy atom. The number of allylic oxidation sites excluding steroid dienone is 1. The number of hydrogen-bond donors (Lipinski definition) is 0. The molecule has 2 nitrogen and oxygen atoms in total. The molecule has 0 saturated heterocycles. The summed E-state index contributed by atoms with van der Waals surface area (Å²) in [5.74, 6) is 0.717. The third kappa shape index (κ3) is 2.92. The summed E-state index contributed by atoms with van der Waals surface area (Å²) in [5.41, 5.74) is 3.23. The number of aromatic nitrogens is 1. The number of thiazole rings is 1. The third-order valence-corrected chi connectivity index (χ3v) is 3.81. The second-order valence-corrected chi connectivity index (χ2v) is 5.32. The quantitative estimate of drug-likeness (QED) is 0.770. The molecule has 1 aromatic carbocycles. The first kappa shape index (κ1) is 13.1. The molecule has 4 heteroatoms. The van der Waals surface area contributed by atoms with E-state index in [2.05, 4.69) is 18.5 Å². The normalized spacial score (nSPS) is 10.4. The predicted molar refractivity (Wildman–Crippen MR) is 77.2 cm³/mol. The summed E-state index contributed by atoms with van der Waals surface area (Å²) >= 11 is 7.63. The average Bonchev–Trinajstić information content (AvgIpc) is 2.80. The number of rotatable bonds is 4. The number of nitrogens with zero attached hydrogens (tertiary/aromatic N) is 1. The van der Waals surface area contributed by atoms with E-state index in [9.17, 15) is 0 Å². The van der Waals surface area contributed by atoms with Gasteiger partial charge in [-0.25, -0.2) is 4.98 Å². The van der Waals surface area contributed by atoms with Gasteiger partial charge in [-0.1, -0.05) is 24.2 Å². The molecule has 0 aliphatic heterocycles. The Labute approximate surface area is 116 Å². The molecule has 0 aliphatic carbocycles. The van der Waals surface area contributed by atoms with E-state index in [-0.39, 0.29) is 0 Å². The molecule has 0 amide bonds. The number of methoxy groups -OCH3 is 1. The van der Waals surface area contributed by atoms with Gasteiger partial charge in [0.25, 0.3) is 0 Å². The summed E-state index contributed by atoms with van der Waals surface area (Å²) in [6.07, 6.45) is 0.645. The molecule has 2 aromatic rings. The Hall–Kier alpha value is -1.32. The molecule has 0 saturated carbocycles. The maximum atomic E-state index is 6.02. The van der Waals surface area contributed by atoms with E-state index in [1.165, 1.54) is 5.56 Å². The molecule has 18 heavy (non-hydrogen) atoms. The highest BCUT2D eigenvalue weighted by Gasteiger charge is 2.09. The van der Waals surface area contributed by atoms with Gasteiger partial charge in [0.2, 0.25) is 0 Å². The van der Waals surface area contributed by atoms with Crippen LogP contribution in [0.5, 0.6) is 0 Å². The first-order valence-corrected chi connectivity index (χ1v) is 6.78. The average molecular weight is 280 g/mol. The predicted octanol–water partition coefficient (Wildman–Crippen LogP) is 4.47. The lowest BCUT2D eigenvalue weighted by molar-refractivity contribution is 0.285. The first-order valence-electron chi connectivity index (χ1n) is 5.53. The third-order valence-electron chi connectivity index (χ3n) is 2.65. The van der Waals surface area contributed by atoms with Crippen molar-refractivity contribution in [3.8, 4) is 10.6 Å². The first-order chi connectivity index (χ1) is 8.60. The second kappa shape index (κ2) is 5.55. The Morgan fingerprint density at radius 2 is 2.28 bits per heavy atom. The smallest absolute Gasteiger partial charge is 0.123 e. The van der Waals surface area contributed by atoms with Crippen LogP contribution in [0.15, 0.2) is 35.9 Å². The van der Waals surface area contributed by atoms with Gasteiger partial charge >= 0.3 is 0 Å². The Morgan fingerprint density at radius 1 is 1.50 bits per heavy atom. The summed E-state index contributed by atoms with van der Waals surface area (Å²) in [5, 5.41) is 3.74. The highest BCUT2D eigenvalue weighted by molar-refractivity contribution is 7.13. The van der Waals surface area contributed by atoms with Gasteiger partial charge in [0.05, 0.1) is 18.6 Å². The maximum absolute atomic E-state index is 6.02. The fraction of sp³-hybridized carbons (Fsp3) is 0.214.